The Bertz CT molecular complexity index is 1160. The van der Waals surface area contributed by atoms with Crippen molar-refractivity contribution in [1.82, 2.24) is 0 Å². The van der Waals surface area contributed by atoms with Gasteiger partial charge in [-0.3, -0.25) is 4.79 Å². The Labute approximate surface area is 268 Å². The highest BCUT2D eigenvalue weighted by molar-refractivity contribution is 6.60. The van der Waals surface area contributed by atoms with Crippen LogP contribution in [0.2, 0.25) is 12.1 Å². The summed E-state index contributed by atoms with van der Waals surface area (Å²) < 4.78 is 66.6. The Hall–Kier alpha value is -2.40. The highest BCUT2D eigenvalue weighted by atomic mass is 28.4. The third-order valence-corrected chi connectivity index (χ3v) is 14.7. The second kappa shape index (κ2) is 18.7. The maximum Gasteiger partial charge on any atom is 0.748 e. The van der Waals surface area contributed by atoms with Crippen LogP contribution in [-0.2, 0) is 39.8 Å². The molecule has 0 heterocycles. The summed E-state index contributed by atoms with van der Waals surface area (Å²) in [5.74, 6) is 0.109. The summed E-state index contributed by atoms with van der Waals surface area (Å²) in [5, 5.41) is 10.8. The first-order chi connectivity index (χ1) is 21.6. The maximum absolute atomic E-state index is 13.7. The number of rotatable bonds is 23. The molecule has 0 saturated heterocycles. The van der Waals surface area contributed by atoms with E-state index in [1.54, 1.807) is 54.8 Å². The Morgan fingerprint density at radius 1 is 0.600 bits per heavy atom. The first-order valence-electron chi connectivity index (χ1n) is 14.0. The SMILES string of the molecule is CO[Si](CCCOc1ccc(C(=O)c2ccc(OCCC[Si](OC)(OC)OC)cc2O[Si](OC)(OC)OC)c(O)c1)(OC)OC. The zero-order valence-corrected chi connectivity index (χ0v) is 30.5. The van der Waals surface area contributed by atoms with Crippen molar-refractivity contribution in [3.63, 3.8) is 0 Å². The van der Waals surface area contributed by atoms with E-state index in [4.69, 9.17) is 53.7 Å². The summed E-state index contributed by atoms with van der Waals surface area (Å²) in [4.78, 5) is 13.7. The maximum atomic E-state index is 13.7. The molecule has 0 radical (unpaired) electrons. The van der Waals surface area contributed by atoms with Gasteiger partial charge in [-0.05, 0) is 37.1 Å². The van der Waals surface area contributed by atoms with Gasteiger partial charge in [0, 0.05) is 88.2 Å². The fourth-order valence-electron chi connectivity index (χ4n) is 4.38. The van der Waals surface area contributed by atoms with Crippen molar-refractivity contribution in [2.45, 2.75) is 24.9 Å². The summed E-state index contributed by atoms with van der Waals surface area (Å²) in [5.41, 5.74) is 0.156. The highest BCUT2D eigenvalue weighted by Gasteiger charge is 2.46. The molecule has 1 N–H and O–H groups in total. The number of hydrogen-bond donors (Lipinski definition) is 1. The molecule has 0 saturated carbocycles. The van der Waals surface area contributed by atoms with Gasteiger partial charge in [-0.25, -0.2) is 0 Å². The van der Waals surface area contributed by atoms with Gasteiger partial charge in [0.1, 0.15) is 23.0 Å². The van der Waals surface area contributed by atoms with Gasteiger partial charge < -0.3 is 58.8 Å². The summed E-state index contributed by atoms with van der Waals surface area (Å²) in [6.45, 7) is 0.632. The van der Waals surface area contributed by atoms with Crippen LogP contribution >= 0.6 is 0 Å². The van der Waals surface area contributed by atoms with Crippen LogP contribution in [0.1, 0.15) is 28.8 Å². The number of ether oxygens (including phenoxy) is 2. The largest absolute Gasteiger partial charge is 0.748 e. The Kier molecular flexibility index (Phi) is 16.1. The molecule has 0 bridgehead atoms. The number of phenolic OH excluding ortho intramolecular Hbond substituents is 1. The van der Waals surface area contributed by atoms with Gasteiger partial charge in [0.2, 0.25) is 0 Å². The van der Waals surface area contributed by atoms with E-state index < -0.39 is 32.4 Å². The second-order valence-electron chi connectivity index (χ2n) is 9.38. The van der Waals surface area contributed by atoms with Crippen molar-refractivity contribution >= 4 is 32.4 Å². The van der Waals surface area contributed by atoms with E-state index in [-0.39, 0.29) is 22.6 Å². The van der Waals surface area contributed by atoms with Crippen LogP contribution in [0.15, 0.2) is 36.4 Å². The van der Waals surface area contributed by atoms with Crippen LogP contribution in [0.25, 0.3) is 0 Å². The summed E-state index contributed by atoms with van der Waals surface area (Å²) in [6.07, 6.45) is 1.18. The highest BCUT2D eigenvalue weighted by Crippen LogP contribution is 2.33. The van der Waals surface area contributed by atoms with E-state index in [2.05, 4.69) is 0 Å². The summed E-state index contributed by atoms with van der Waals surface area (Å²) >= 11 is 0. The number of hydrogen-bond acceptors (Lipinski definition) is 14. The zero-order valence-electron chi connectivity index (χ0n) is 27.5. The third-order valence-electron chi connectivity index (χ3n) is 7.05. The fraction of sp³-hybridized carbons (Fsp3) is 0.536. The molecular weight excluding hydrogens is 645 g/mol. The number of carbonyl (C=O) groups excluding carboxylic acids is 1. The molecule has 14 nitrogen and oxygen atoms in total. The molecule has 2 aromatic rings. The molecule has 0 spiro atoms. The zero-order chi connectivity index (χ0) is 33.5. The van der Waals surface area contributed by atoms with Gasteiger partial charge in [-0.2, -0.15) is 0 Å². The van der Waals surface area contributed by atoms with Gasteiger partial charge in [0.25, 0.3) is 0 Å². The second-order valence-corrected chi connectivity index (χ2v) is 18.0. The summed E-state index contributed by atoms with van der Waals surface area (Å²) in [7, 11) is 4.32. The smallest absolute Gasteiger partial charge is 0.507 e. The molecule has 0 unspecified atom stereocenters. The molecule has 0 amide bonds. The van der Waals surface area contributed by atoms with Crippen molar-refractivity contribution in [2.24, 2.45) is 0 Å². The summed E-state index contributed by atoms with van der Waals surface area (Å²) in [6, 6.07) is 10.2. The van der Waals surface area contributed by atoms with Crippen LogP contribution in [-0.4, -0.2) is 115 Å². The molecule has 2 aromatic carbocycles. The lowest BCUT2D eigenvalue weighted by Crippen LogP contribution is -2.49. The van der Waals surface area contributed by atoms with Gasteiger partial charge in [0.05, 0.1) is 24.3 Å². The average Bonchev–Trinajstić information content (AvgIpc) is 3.08. The van der Waals surface area contributed by atoms with Crippen molar-refractivity contribution in [1.29, 1.82) is 0 Å². The van der Waals surface area contributed by atoms with Crippen LogP contribution < -0.4 is 13.9 Å². The van der Waals surface area contributed by atoms with Crippen LogP contribution in [0.4, 0.5) is 0 Å². The lowest BCUT2D eigenvalue weighted by molar-refractivity contribution is 0.0506. The Morgan fingerprint density at radius 2 is 1.02 bits per heavy atom. The van der Waals surface area contributed by atoms with E-state index in [1.807, 2.05) is 0 Å². The standard InChI is InChI=1S/C28H46O14Si3/c1-31-43(32-2,33-3)18-10-16-40-22-12-14-24(26(29)20-22)28(30)25-15-13-23(21-27(25)42-45(37-7,38-8)39-9)41-17-11-19-44(34-4,35-5)36-6/h12-15,20-21,29H,10-11,16-19H2,1-9H3. The normalized spacial score (nSPS) is 12.3. The van der Waals surface area contributed by atoms with E-state index in [0.717, 1.165) is 0 Å². The number of ketones is 1. The topological polar surface area (TPSA) is 148 Å². The average molecular weight is 691 g/mol. The minimum atomic E-state index is -3.66. The third kappa shape index (κ3) is 10.3. The lowest BCUT2D eigenvalue weighted by atomic mass is 10.0. The van der Waals surface area contributed by atoms with Crippen molar-refractivity contribution in [2.75, 3.05) is 77.2 Å². The number of carbonyl (C=O) groups is 1. The first-order valence-corrected chi connectivity index (χ1v) is 19.5. The monoisotopic (exact) mass is 690 g/mol. The first kappa shape index (κ1) is 38.8. The number of benzene rings is 2. The Morgan fingerprint density at radius 3 is 1.42 bits per heavy atom. The lowest BCUT2D eigenvalue weighted by Gasteiger charge is -2.25. The van der Waals surface area contributed by atoms with E-state index in [9.17, 15) is 9.90 Å². The molecule has 254 valence electrons. The molecule has 45 heavy (non-hydrogen) atoms. The molecule has 0 atom stereocenters. The van der Waals surface area contributed by atoms with Crippen LogP contribution in [0.5, 0.6) is 23.0 Å². The van der Waals surface area contributed by atoms with Crippen molar-refractivity contribution in [3.8, 4) is 23.0 Å². The molecule has 17 heteroatoms. The van der Waals surface area contributed by atoms with Gasteiger partial charge in [0.15, 0.2) is 5.78 Å². The van der Waals surface area contributed by atoms with Gasteiger partial charge in [-0.15, -0.1) is 0 Å². The molecule has 0 aliphatic heterocycles. The molecule has 2 rings (SSSR count). The van der Waals surface area contributed by atoms with Gasteiger partial charge >= 0.3 is 26.7 Å². The minimum absolute atomic E-state index is 0.0324. The van der Waals surface area contributed by atoms with E-state index in [0.29, 0.717) is 49.6 Å². The molecular formula is C28H46O14Si3. The molecule has 0 fully saturated rings. The predicted octanol–water partition coefficient (Wildman–Crippen LogP) is 3.67. The number of aromatic hydroxyl groups is 1. The Balaban J connectivity index is 2.25. The van der Waals surface area contributed by atoms with Crippen LogP contribution in [0, 0.1) is 0 Å². The predicted molar refractivity (Wildman–Crippen MR) is 169 cm³/mol. The molecule has 0 aromatic heterocycles. The number of phenols is 1. The fourth-order valence-corrected chi connectivity index (χ4v) is 8.95. The van der Waals surface area contributed by atoms with Crippen molar-refractivity contribution < 1.29 is 63.6 Å². The van der Waals surface area contributed by atoms with Crippen LogP contribution in [0.3, 0.4) is 0 Å². The molecule has 0 aliphatic rings. The minimum Gasteiger partial charge on any atom is -0.507 e. The van der Waals surface area contributed by atoms with Crippen molar-refractivity contribution in [3.05, 3.63) is 47.5 Å². The quantitative estimate of drug-likeness (QED) is 0.103. The molecule has 0 aliphatic carbocycles. The van der Waals surface area contributed by atoms with Gasteiger partial charge in [-0.1, -0.05) is 0 Å². The van der Waals surface area contributed by atoms with E-state index in [1.165, 1.54) is 45.6 Å². The van der Waals surface area contributed by atoms with E-state index >= 15 is 0 Å².